The molecule has 0 unspecified atom stereocenters. The molecule has 0 amide bonds. The molecule has 1 fully saturated rings. The molecule has 1 saturated heterocycles. The van der Waals surface area contributed by atoms with E-state index < -0.39 is 43.3 Å². The standard InChI is InChI=1S/C14H19BN4O2/c1-10-8-19(9-17-10)12-7-16-6-11(18-12)15-20-13(2,3)14(4,5)21-15/h6-9H,1-5H3/i1D3,8D,9D. The van der Waals surface area contributed by atoms with E-state index in [1.54, 1.807) is 0 Å². The summed E-state index contributed by atoms with van der Waals surface area (Å²) in [5.41, 5.74) is -1.20. The second-order valence-electron chi connectivity index (χ2n) is 5.90. The molecule has 2 aromatic rings. The van der Waals surface area contributed by atoms with Crippen LogP contribution >= 0.6 is 0 Å². The predicted molar refractivity (Wildman–Crippen MR) is 79.6 cm³/mol. The summed E-state index contributed by atoms with van der Waals surface area (Å²) in [7, 11) is -0.763. The lowest BCUT2D eigenvalue weighted by atomic mass is 9.85. The van der Waals surface area contributed by atoms with Crippen molar-refractivity contribution in [1.29, 1.82) is 0 Å². The first-order valence-electron chi connectivity index (χ1n) is 9.08. The molecule has 0 radical (unpaired) electrons. The van der Waals surface area contributed by atoms with Crippen LogP contribution in [0.2, 0.25) is 0 Å². The van der Waals surface area contributed by atoms with E-state index in [1.165, 1.54) is 12.4 Å². The molecule has 0 aromatic carbocycles. The first-order valence-corrected chi connectivity index (χ1v) is 6.58. The number of nitrogens with zero attached hydrogens (tertiary/aromatic N) is 4. The van der Waals surface area contributed by atoms with Crippen LogP contribution in [0.4, 0.5) is 0 Å². The third-order valence-electron chi connectivity index (χ3n) is 3.84. The zero-order chi connectivity index (χ0) is 19.5. The lowest BCUT2D eigenvalue weighted by Crippen LogP contribution is -2.41. The van der Waals surface area contributed by atoms with E-state index in [0.29, 0.717) is 5.59 Å². The van der Waals surface area contributed by atoms with Gasteiger partial charge in [-0.05, 0) is 34.5 Å². The molecule has 6 nitrogen and oxygen atoms in total. The fourth-order valence-electron chi connectivity index (χ4n) is 1.92. The largest absolute Gasteiger partial charge is 0.516 e. The van der Waals surface area contributed by atoms with Gasteiger partial charge in [-0.1, -0.05) is 0 Å². The van der Waals surface area contributed by atoms with Gasteiger partial charge < -0.3 is 9.31 Å². The molecule has 21 heavy (non-hydrogen) atoms. The summed E-state index contributed by atoms with van der Waals surface area (Å²) in [5.74, 6) is 0.107. The van der Waals surface area contributed by atoms with Gasteiger partial charge in [0.2, 0.25) is 0 Å². The van der Waals surface area contributed by atoms with E-state index in [1.807, 2.05) is 27.7 Å². The molecule has 0 aliphatic carbocycles. The van der Waals surface area contributed by atoms with Crippen LogP contribution in [0.5, 0.6) is 0 Å². The highest BCUT2D eigenvalue weighted by Gasteiger charge is 2.52. The van der Waals surface area contributed by atoms with E-state index in [0.717, 1.165) is 4.57 Å². The topological polar surface area (TPSA) is 62.1 Å². The second-order valence-corrected chi connectivity index (χ2v) is 5.90. The summed E-state index contributed by atoms with van der Waals surface area (Å²) in [6.45, 7) is 5.05. The van der Waals surface area contributed by atoms with E-state index in [2.05, 4.69) is 15.0 Å². The maximum absolute atomic E-state index is 8.06. The average Bonchev–Trinajstić information content (AvgIpc) is 2.92. The highest BCUT2D eigenvalue weighted by molar-refractivity contribution is 6.61. The summed E-state index contributed by atoms with van der Waals surface area (Å²) in [5, 5.41) is 0. The molecule has 0 N–H and O–H groups in total. The molecule has 110 valence electrons. The maximum atomic E-state index is 8.06. The molecule has 1 aliphatic heterocycles. The van der Waals surface area contributed by atoms with E-state index >= 15 is 0 Å². The number of hydrogen-bond acceptors (Lipinski definition) is 5. The van der Waals surface area contributed by atoms with Gasteiger partial charge in [-0.25, -0.2) is 9.97 Å². The second kappa shape index (κ2) is 4.64. The van der Waals surface area contributed by atoms with Crippen LogP contribution in [0.15, 0.2) is 24.9 Å². The molecule has 0 bridgehead atoms. The van der Waals surface area contributed by atoms with Gasteiger partial charge in [-0.15, -0.1) is 0 Å². The fourth-order valence-corrected chi connectivity index (χ4v) is 1.92. The van der Waals surface area contributed by atoms with Crippen LogP contribution in [0, 0.1) is 6.85 Å². The normalized spacial score (nSPS) is 24.0. The van der Waals surface area contributed by atoms with Gasteiger partial charge in [0.1, 0.15) is 7.67 Å². The quantitative estimate of drug-likeness (QED) is 0.780. The third kappa shape index (κ3) is 2.47. The SMILES string of the molecule is [2H]c1nc(C([2H])([2H])[2H])c([2H])n1-c1cncc(B2OC(C)(C)C(C)(C)O2)n1. The Morgan fingerprint density at radius 1 is 1.24 bits per heavy atom. The fraction of sp³-hybridized carbons (Fsp3) is 0.500. The van der Waals surface area contributed by atoms with Gasteiger partial charge in [-0.3, -0.25) is 9.55 Å². The molecular weight excluding hydrogens is 267 g/mol. The summed E-state index contributed by atoms with van der Waals surface area (Å²) in [6, 6.07) is 0. The molecule has 1 aliphatic rings. The van der Waals surface area contributed by atoms with Crippen molar-refractivity contribution in [3.8, 4) is 5.82 Å². The summed E-state index contributed by atoms with van der Waals surface area (Å²) < 4.78 is 51.1. The van der Waals surface area contributed by atoms with Crippen LogP contribution in [-0.2, 0) is 9.31 Å². The van der Waals surface area contributed by atoms with Crippen molar-refractivity contribution in [1.82, 2.24) is 19.5 Å². The molecule has 0 saturated carbocycles. The van der Waals surface area contributed by atoms with Gasteiger partial charge in [0, 0.05) is 16.5 Å². The number of imidazole rings is 1. The number of hydrogen-bond donors (Lipinski definition) is 0. The number of rotatable bonds is 2. The van der Waals surface area contributed by atoms with Gasteiger partial charge in [0.05, 0.1) is 30.1 Å². The van der Waals surface area contributed by atoms with Crippen LogP contribution in [0.25, 0.3) is 5.82 Å². The Hall–Kier alpha value is -1.73. The van der Waals surface area contributed by atoms with Crippen LogP contribution < -0.4 is 5.59 Å². The van der Waals surface area contributed by atoms with Gasteiger partial charge >= 0.3 is 7.12 Å². The van der Waals surface area contributed by atoms with Gasteiger partial charge in [-0.2, -0.15) is 0 Å². The minimum atomic E-state index is -2.59. The molecule has 2 aromatic heterocycles. The van der Waals surface area contributed by atoms with Crippen molar-refractivity contribution in [2.45, 2.75) is 45.7 Å². The van der Waals surface area contributed by atoms with Crippen LogP contribution in [0.1, 0.15) is 40.2 Å². The molecule has 7 heteroatoms. The zero-order valence-electron chi connectivity index (χ0n) is 17.3. The average molecular weight is 291 g/mol. The monoisotopic (exact) mass is 291 g/mol. The Morgan fingerprint density at radius 2 is 1.95 bits per heavy atom. The van der Waals surface area contributed by atoms with E-state index in [9.17, 15) is 0 Å². The van der Waals surface area contributed by atoms with Crippen molar-refractivity contribution in [3.05, 3.63) is 30.6 Å². The van der Waals surface area contributed by atoms with Crippen molar-refractivity contribution in [3.63, 3.8) is 0 Å². The first-order chi connectivity index (χ1) is 11.8. The third-order valence-corrected chi connectivity index (χ3v) is 3.84. The Balaban J connectivity index is 2.01. The van der Waals surface area contributed by atoms with E-state index in [-0.39, 0.29) is 5.82 Å². The summed E-state index contributed by atoms with van der Waals surface area (Å²) in [6.07, 6.45) is 1.98. The number of aryl methyl sites for hydroxylation is 1. The lowest BCUT2D eigenvalue weighted by molar-refractivity contribution is 0.00578. The van der Waals surface area contributed by atoms with Gasteiger partial charge in [0.25, 0.3) is 0 Å². The molecule has 0 spiro atoms. The first kappa shape index (κ1) is 9.32. The maximum Gasteiger partial charge on any atom is 0.516 e. The summed E-state index contributed by atoms with van der Waals surface area (Å²) in [4.78, 5) is 12.1. The highest BCUT2D eigenvalue weighted by atomic mass is 16.7. The molecular formula is C14H19BN4O2. The van der Waals surface area contributed by atoms with Crippen molar-refractivity contribution >= 4 is 12.7 Å². The Morgan fingerprint density at radius 3 is 2.57 bits per heavy atom. The minimum absolute atomic E-state index is 0.107. The van der Waals surface area contributed by atoms with Crippen molar-refractivity contribution in [2.75, 3.05) is 0 Å². The number of aromatic nitrogens is 4. The van der Waals surface area contributed by atoms with Gasteiger partial charge in [0.15, 0.2) is 5.82 Å². The predicted octanol–water partition coefficient (Wildman–Crippen LogP) is 1.27. The van der Waals surface area contributed by atoms with Crippen molar-refractivity contribution in [2.24, 2.45) is 0 Å². The summed E-state index contributed by atoms with van der Waals surface area (Å²) >= 11 is 0. The molecule has 0 atom stereocenters. The smallest absolute Gasteiger partial charge is 0.398 e. The minimum Gasteiger partial charge on any atom is -0.398 e. The molecule has 3 rings (SSSR count). The Labute approximate surface area is 131 Å². The van der Waals surface area contributed by atoms with E-state index in [4.69, 9.17) is 16.2 Å². The highest BCUT2D eigenvalue weighted by Crippen LogP contribution is 2.36. The molecule has 3 heterocycles. The van der Waals surface area contributed by atoms with Crippen molar-refractivity contribution < 1.29 is 16.2 Å². The van der Waals surface area contributed by atoms with Crippen LogP contribution in [0.3, 0.4) is 0 Å². The Kier molecular flexibility index (Phi) is 2.06. The zero-order valence-corrected chi connectivity index (χ0v) is 12.3. The Bertz CT molecular complexity index is 836. The van der Waals surface area contributed by atoms with Crippen LogP contribution in [-0.4, -0.2) is 37.8 Å². The lowest BCUT2D eigenvalue weighted by Gasteiger charge is -2.32.